The van der Waals surface area contributed by atoms with Gasteiger partial charge in [-0.25, -0.2) is 0 Å². The zero-order valence-electron chi connectivity index (χ0n) is 12.4. The van der Waals surface area contributed by atoms with Crippen molar-refractivity contribution in [2.75, 3.05) is 20.2 Å². The van der Waals surface area contributed by atoms with Crippen LogP contribution in [0.1, 0.15) is 42.7 Å². The Hall–Kier alpha value is -1.51. The average Bonchev–Trinajstić information content (AvgIpc) is 2.45. The molecule has 1 saturated carbocycles. The van der Waals surface area contributed by atoms with E-state index in [1.165, 1.54) is 36.8 Å². The number of aryl methyl sites for hydroxylation is 1. The van der Waals surface area contributed by atoms with Crippen LogP contribution in [-0.4, -0.2) is 31.5 Å². The fourth-order valence-electron chi connectivity index (χ4n) is 3.86. The van der Waals surface area contributed by atoms with E-state index in [4.69, 9.17) is 4.74 Å². The number of amides is 1. The molecule has 0 bridgehead atoms. The third kappa shape index (κ3) is 2.30. The number of carbonyl (C=O) groups is 1. The number of nitrogens with zero attached hydrogens (tertiary/aromatic N) is 1. The average molecular weight is 273 g/mol. The fourth-order valence-corrected chi connectivity index (χ4v) is 3.86. The molecule has 108 valence electrons. The van der Waals surface area contributed by atoms with Gasteiger partial charge in [0.25, 0.3) is 0 Å². The van der Waals surface area contributed by atoms with Crippen LogP contribution in [0, 0.1) is 12.3 Å². The molecule has 20 heavy (non-hydrogen) atoms. The molecule has 1 aliphatic carbocycles. The smallest absolute Gasteiger partial charge is 0.209 e. The van der Waals surface area contributed by atoms with Crippen molar-refractivity contribution in [2.45, 2.75) is 38.5 Å². The lowest BCUT2D eigenvalue weighted by atomic mass is 9.65. The summed E-state index contributed by atoms with van der Waals surface area (Å²) in [5.41, 5.74) is 3.05. The van der Waals surface area contributed by atoms with Gasteiger partial charge in [-0.1, -0.05) is 12.1 Å². The van der Waals surface area contributed by atoms with Crippen molar-refractivity contribution >= 4 is 6.41 Å². The number of methoxy groups -OCH3 is 1. The van der Waals surface area contributed by atoms with Crippen LogP contribution in [0.25, 0.3) is 0 Å². The molecule has 3 heteroatoms. The molecular weight excluding hydrogens is 250 g/mol. The second-order valence-corrected chi connectivity index (χ2v) is 6.51. The Kier molecular flexibility index (Phi) is 3.45. The van der Waals surface area contributed by atoms with E-state index in [1.54, 1.807) is 7.11 Å². The van der Waals surface area contributed by atoms with E-state index in [-0.39, 0.29) is 0 Å². The van der Waals surface area contributed by atoms with Gasteiger partial charge in [0.05, 0.1) is 7.11 Å². The standard InChI is InChI=1S/C17H23NO2/c1-13-3-4-15(9-16(13)20-2)14-5-7-17(8-6-14)10-18(11-17)12-19/h3-4,9,12,14H,5-8,10-11H2,1-2H3. The second-order valence-electron chi connectivity index (χ2n) is 6.51. The Balaban J connectivity index is 1.65. The molecule has 1 spiro atoms. The maximum atomic E-state index is 10.7. The molecule has 0 aromatic heterocycles. The summed E-state index contributed by atoms with van der Waals surface area (Å²) < 4.78 is 5.43. The monoisotopic (exact) mass is 273 g/mol. The lowest BCUT2D eigenvalue weighted by Crippen LogP contribution is -2.56. The minimum Gasteiger partial charge on any atom is -0.496 e. The van der Waals surface area contributed by atoms with Crippen LogP contribution in [0.5, 0.6) is 5.75 Å². The van der Waals surface area contributed by atoms with Crippen molar-refractivity contribution in [1.82, 2.24) is 4.90 Å². The van der Waals surface area contributed by atoms with E-state index in [1.807, 2.05) is 4.90 Å². The molecule has 1 saturated heterocycles. The number of carbonyl (C=O) groups excluding carboxylic acids is 1. The van der Waals surface area contributed by atoms with E-state index in [0.717, 1.165) is 25.2 Å². The van der Waals surface area contributed by atoms with Gasteiger partial charge in [-0.2, -0.15) is 0 Å². The molecule has 1 heterocycles. The highest BCUT2D eigenvalue weighted by molar-refractivity contribution is 5.49. The summed E-state index contributed by atoms with van der Waals surface area (Å²) in [5.74, 6) is 1.65. The topological polar surface area (TPSA) is 29.5 Å². The molecule has 1 amide bonds. The SMILES string of the molecule is COc1cc(C2CCC3(CC2)CN(C=O)C3)ccc1C. The quantitative estimate of drug-likeness (QED) is 0.792. The third-order valence-corrected chi connectivity index (χ3v) is 5.18. The predicted molar refractivity (Wildman–Crippen MR) is 79.0 cm³/mol. The van der Waals surface area contributed by atoms with Gasteiger partial charge in [0.15, 0.2) is 0 Å². The van der Waals surface area contributed by atoms with Gasteiger partial charge in [0.2, 0.25) is 6.41 Å². The first-order valence-electron chi connectivity index (χ1n) is 7.50. The number of rotatable bonds is 3. The van der Waals surface area contributed by atoms with Crippen molar-refractivity contribution in [2.24, 2.45) is 5.41 Å². The van der Waals surface area contributed by atoms with E-state index in [9.17, 15) is 4.79 Å². The van der Waals surface area contributed by atoms with Crippen LogP contribution in [0.4, 0.5) is 0 Å². The molecule has 2 aliphatic rings. The van der Waals surface area contributed by atoms with E-state index >= 15 is 0 Å². The van der Waals surface area contributed by atoms with E-state index < -0.39 is 0 Å². The molecule has 1 aliphatic heterocycles. The first kappa shape index (κ1) is 13.5. The number of benzene rings is 1. The molecule has 3 nitrogen and oxygen atoms in total. The van der Waals surface area contributed by atoms with Gasteiger partial charge in [-0.15, -0.1) is 0 Å². The Morgan fingerprint density at radius 1 is 1.30 bits per heavy atom. The highest BCUT2D eigenvalue weighted by Gasteiger charge is 2.44. The first-order chi connectivity index (χ1) is 9.65. The predicted octanol–water partition coefficient (Wildman–Crippen LogP) is 3.12. The lowest BCUT2D eigenvalue weighted by molar-refractivity contribution is -0.131. The minimum absolute atomic E-state index is 0.437. The zero-order chi connectivity index (χ0) is 14.2. The van der Waals surface area contributed by atoms with Crippen molar-refractivity contribution in [1.29, 1.82) is 0 Å². The number of hydrogen-bond acceptors (Lipinski definition) is 2. The van der Waals surface area contributed by atoms with Crippen LogP contribution < -0.4 is 4.74 Å². The molecule has 2 fully saturated rings. The second kappa shape index (κ2) is 5.12. The summed E-state index contributed by atoms with van der Waals surface area (Å²) in [6.07, 6.45) is 5.95. The van der Waals surface area contributed by atoms with Crippen molar-refractivity contribution in [3.05, 3.63) is 29.3 Å². The normalized spacial score (nSPS) is 21.6. The van der Waals surface area contributed by atoms with Crippen LogP contribution in [-0.2, 0) is 4.79 Å². The number of hydrogen-bond donors (Lipinski definition) is 0. The number of likely N-dealkylation sites (tertiary alicyclic amines) is 1. The Labute approximate surface area is 120 Å². The van der Waals surface area contributed by atoms with Gasteiger partial charge in [0.1, 0.15) is 5.75 Å². The van der Waals surface area contributed by atoms with Crippen molar-refractivity contribution in [3.63, 3.8) is 0 Å². The summed E-state index contributed by atoms with van der Waals surface area (Å²) in [7, 11) is 1.74. The fraction of sp³-hybridized carbons (Fsp3) is 0.588. The van der Waals surface area contributed by atoms with Gasteiger partial charge in [-0.3, -0.25) is 4.79 Å². The lowest BCUT2D eigenvalue weighted by Gasteiger charge is -2.52. The van der Waals surface area contributed by atoms with Gasteiger partial charge >= 0.3 is 0 Å². The maximum absolute atomic E-state index is 10.7. The van der Waals surface area contributed by atoms with Gasteiger partial charge in [0, 0.05) is 18.5 Å². The summed E-state index contributed by atoms with van der Waals surface area (Å²) in [6.45, 7) is 4.03. The molecule has 0 N–H and O–H groups in total. The van der Waals surface area contributed by atoms with E-state index in [0.29, 0.717) is 11.3 Å². The van der Waals surface area contributed by atoms with Gasteiger partial charge < -0.3 is 9.64 Å². The number of ether oxygens (including phenoxy) is 1. The highest BCUT2D eigenvalue weighted by Crippen LogP contribution is 2.48. The molecule has 0 radical (unpaired) electrons. The van der Waals surface area contributed by atoms with Crippen LogP contribution in [0.3, 0.4) is 0 Å². The molecule has 1 aromatic carbocycles. The minimum atomic E-state index is 0.437. The van der Waals surface area contributed by atoms with Crippen LogP contribution in [0.15, 0.2) is 18.2 Å². The van der Waals surface area contributed by atoms with Crippen LogP contribution in [0.2, 0.25) is 0 Å². The van der Waals surface area contributed by atoms with Crippen molar-refractivity contribution in [3.8, 4) is 5.75 Å². The summed E-state index contributed by atoms with van der Waals surface area (Å²) >= 11 is 0. The third-order valence-electron chi connectivity index (χ3n) is 5.18. The summed E-state index contributed by atoms with van der Waals surface area (Å²) in [5, 5.41) is 0. The van der Waals surface area contributed by atoms with Gasteiger partial charge in [-0.05, 0) is 55.7 Å². The Bertz CT molecular complexity index is 496. The molecule has 3 rings (SSSR count). The molecule has 1 aromatic rings. The molecule has 0 atom stereocenters. The van der Waals surface area contributed by atoms with Crippen molar-refractivity contribution < 1.29 is 9.53 Å². The first-order valence-corrected chi connectivity index (χ1v) is 7.50. The summed E-state index contributed by atoms with van der Waals surface area (Å²) in [4.78, 5) is 12.6. The zero-order valence-corrected chi connectivity index (χ0v) is 12.4. The maximum Gasteiger partial charge on any atom is 0.209 e. The highest BCUT2D eigenvalue weighted by atomic mass is 16.5. The molecular formula is C17H23NO2. The largest absolute Gasteiger partial charge is 0.496 e. The van der Waals surface area contributed by atoms with Crippen LogP contribution >= 0.6 is 0 Å². The molecule has 0 unspecified atom stereocenters. The Morgan fingerprint density at radius 3 is 2.60 bits per heavy atom. The Morgan fingerprint density at radius 2 is 2.00 bits per heavy atom. The summed E-state index contributed by atoms with van der Waals surface area (Å²) in [6, 6.07) is 6.62. The van der Waals surface area contributed by atoms with E-state index in [2.05, 4.69) is 25.1 Å².